The van der Waals surface area contributed by atoms with Crippen LogP contribution in [0.1, 0.15) is 38.9 Å². The molecule has 0 amide bonds. The quantitative estimate of drug-likeness (QED) is 0.546. The molecule has 1 fully saturated rings. The van der Waals surface area contributed by atoms with E-state index in [2.05, 4.69) is 26.6 Å². The molecule has 0 radical (unpaired) electrons. The van der Waals surface area contributed by atoms with E-state index in [4.69, 9.17) is 13.6 Å². The number of furan rings is 1. The Balaban J connectivity index is 2.13. The maximum Gasteiger partial charge on any atom is 0.312 e. The van der Waals surface area contributed by atoms with Gasteiger partial charge in [0.05, 0.1) is 24.9 Å². The summed E-state index contributed by atoms with van der Waals surface area (Å²) < 4.78 is 17.2. The van der Waals surface area contributed by atoms with E-state index in [0.717, 1.165) is 31.4 Å². The van der Waals surface area contributed by atoms with Crippen molar-refractivity contribution in [2.75, 3.05) is 6.61 Å². The van der Waals surface area contributed by atoms with Crippen molar-refractivity contribution in [2.24, 2.45) is 11.3 Å². The van der Waals surface area contributed by atoms with E-state index in [1.165, 1.54) is 0 Å². The lowest BCUT2D eigenvalue weighted by molar-refractivity contribution is -0.155. The predicted octanol–water partition coefficient (Wildman–Crippen LogP) is 4.41. The molecule has 1 saturated carbocycles. The van der Waals surface area contributed by atoms with E-state index >= 15 is 0 Å². The van der Waals surface area contributed by atoms with Gasteiger partial charge in [-0.3, -0.25) is 4.79 Å². The van der Waals surface area contributed by atoms with Crippen LogP contribution >= 0.6 is 0 Å². The first-order valence-electron chi connectivity index (χ1n) is 8.62. The standard InChI is InChI=1S/C18H30O4Si/c1-6-20-17(19)16-15(22-23(3,4)5)10-12-18(16,2)11-9-14-8-7-13-21-14/h7-8,13,15-16H,6,9-12H2,1-5H3. The van der Waals surface area contributed by atoms with Gasteiger partial charge in [0.2, 0.25) is 0 Å². The molecule has 130 valence electrons. The Morgan fingerprint density at radius 1 is 1.43 bits per heavy atom. The van der Waals surface area contributed by atoms with Gasteiger partial charge in [-0.1, -0.05) is 6.92 Å². The summed E-state index contributed by atoms with van der Waals surface area (Å²) in [5.74, 6) is 0.697. The number of esters is 1. The second-order valence-electron chi connectivity index (χ2n) is 7.77. The van der Waals surface area contributed by atoms with Gasteiger partial charge < -0.3 is 13.6 Å². The summed E-state index contributed by atoms with van der Waals surface area (Å²) in [5, 5.41) is 0. The van der Waals surface area contributed by atoms with Gasteiger partial charge in [-0.15, -0.1) is 0 Å². The molecule has 1 heterocycles. The van der Waals surface area contributed by atoms with Crippen molar-refractivity contribution in [3.05, 3.63) is 24.2 Å². The van der Waals surface area contributed by atoms with Crippen molar-refractivity contribution in [2.45, 2.75) is 65.3 Å². The SMILES string of the molecule is CCOC(=O)C1C(O[Si](C)(C)C)CCC1(C)CCc1ccco1. The highest BCUT2D eigenvalue weighted by Crippen LogP contribution is 2.49. The molecule has 1 aromatic heterocycles. The molecule has 1 aliphatic rings. The first-order chi connectivity index (χ1) is 10.7. The summed E-state index contributed by atoms with van der Waals surface area (Å²) >= 11 is 0. The van der Waals surface area contributed by atoms with Gasteiger partial charge in [-0.25, -0.2) is 0 Å². The van der Waals surface area contributed by atoms with Crippen LogP contribution < -0.4 is 0 Å². The second-order valence-corrected chi connectivity index (χ2v) is 12.2. The third-order valence-corrected chi connectivity index (χ3v) is 5.70. The minimum absolute atomic E-state index is 0.0117. The zero-order valence-electron chi connectivity index (χ0n) is 15.1. The highest BCUT2D eigenvalue weighted by Gasteiger charge is 2.51. The maximum atomic E-state index is 12.6. The number of rotatable bonds is 7. The van der Waals surface area contributed by atoms with Gasteiger partial charge in [0.15, 0.2) is 8.32 Å². The van der Waals surface area contributed by atoms with Crippen LogP contribution in [0.25, 0.3) is 0 Å². The van der Waals surface area contributed by atoms with Gasteiger partial charge in [0, 0.05) is 6.42 Å². The average molecular weight is 339 g/mol. The number of hydrogen-bond acceptors (Lipinski definition) is 4. The fourth-order valence-corrected chi connectivity index (χ4v) is 4.80. The van der Waals surface area contributed by atoms with Crippen LogP contribution in [-0.2, 0) is 20.4 Å². The first kappa shape index (κ1) is 18.3. The number of carbonyl (C=O) groups excluding carboxylic acids is 1. The Morgan fingerprint density at radius 2 is 2.17 bits per heavy atom. The third-order valence-electron chi connectivity index (χ3n) is 4.69. The molecule has 2 rings (SSSR count). The highest BCUT2D eigenvalue weighted by molar-refractivity contribution is 6.69. The van der Waals surface area contributed by atoms with E-state index in [1.807, 2.05) is 19.1 Å². The van der Waals surface area contributed by atoms with Gasteiger partial charge >= 0.3 is 5.97 Å². The maximum absolute atomic E-state index is 12.6. The summed E-state index contributed by atoms with van der Waals surface area (Å²) in [7, 11) is -1.70. The molecular formula is C18H30O4Si. The van der Waals surface area contributed by atoms with Gasteiger partial charge in [-0.05, 0) is 63.4 Å². The molecule has 0 aliphatic heterocycles. The Morgan fingerprint density at radius 3 is 2.74 bits per heavy atom. The van der Waals surface area contributed by atoms with Gasteiger partial charge in [-0.2, -0.15) is 0 Å². The van der Waals surface area contributed by atoms with Crippen molar-refractivity contribution >= 4 is 14.3 Å². The van der Waals surface area contributed by atoms with Crippen LogP contribution in [0.2, 0.25) is 19.6 Å². The summed E-state index contributed by atoms with van der Waals surface area (Å²) in [4.78, 5) is 12.6. The minimum atomic E-state index is -1.70. The van der Waals surface area contributed by atoms with Crippen LogP contribution in [-0.4, -0.2) is 27.0 Å². The van der Waals surface area contributed by atoms with E-state index in [0.29, 0.717) is 6.61 Å². The minimum Gasteiger partial charge on any atom is -0.469 e. The van der Waals surface area contributed by atoms with Crippen LogP contribution in [0.3, 0.4) is 0 Å². The number of ether oxygens (including phenoxy) is 1. The Labute approximate surface area is 140 Å². The van der Waals surface area contributed by atoms with Crippen LogP contribution in [0.4, 0.5) is 0 Å². The molecule has 23 heavy (non-hydrogen) atoms. The Kier molecular flexibility index (Phi) is 5.73. The molecule has 1 aliphatic carbocycles. The fourth-order valence-electron chi connectivity index (χ4n) is 3.64. The molecule has 0 aromatic carbocycles. The third kappa shape index (κ3) is 4.70. The number of carbonyl (C=O) groups is 1. The van der Waals surface area contributed by atoms with Crippen molar-refractivity contribution in [1.29, 1.82) is 0 Å². The Bertz CT molecular complexity index is 506. The van der Waals surface area contributed by atoms with E-state index in [9.17, 15) is 4.79 Å². The molecule has 0 bridgehead atoms. The monoisotopic (exact) mass is 338 g/mol. The zero-order valence-corrected chi connectivity index (χ0v) is 16.1. The van der Waals surface area contributed by atoms with Crippen LogP contribution in [0, 0.1) is 11.3 Å². The molecular weight excluding hydrogens is 308 g/mol. The van der Waals surface area contributed by atoms with Crippen molar-refractivity contribution < 1.29 is 18.4 Å². The largest absolute Gasteiger partial charge is 0.469 e. The lowest BCUT2D eigenvalue weighted by Gasteiger charge is -2.34. The molecule has 1 aromatic rings. The molecule has 0 spiro atoms. The lowest BCUT2D eigenvalue weighted by atomic mass is 9.75. The second kappa shape index (κ2) is 7.22. The zero-order chi connectivity index (χ0) is 17.1. The van der Waals surface area contributed by atoms with Gasteiger partial charge in [0.1, 0.15) is 5.76 Å². The summed E-state index contributed by atoms with van der Waals surface area (Å²) in [6.07, 6.45) is 5.37. The van der Waals surface area contributed by atoms with Gasteiger partial charge in [0.25, 0.3) is 0 Å². The molecule has 0 saturated heterocycles. The first-order valence-corrected chi connectivity index (χ1v) is 12.0. The molecule has 5 heteroatoms. The summed E-state index contributed by atoms with van der Waals surface area (Å²) in [6, 6.07) is 3.90. The smallest absolute Gasteiger partial charge is 0.312 e. The van der Waals surface area contributed by atoms with Crippen molar-refractivity contribution in [3.8, 4) is 0 Å². The van der Waals surface area contributed by atoms with Crippen LogP contribution in [0.5, 0.6) is 0 Å². The predicted molar refractivity (Wildman–Crippen MR) is 92.7 cm³/mol. The van der Waals surface area contributed by atoms with Crippen molar-refractivity contribution in [1.82, 2.24) is 0 Å². The summed E-state index contributed by atoms with van der Waals surface area (Å²) in [6.45, 7) is 11.0. The molecule has 3 atom stereocenters. The number of hydrogen-bond donors (Lipinski definition) is 0. The molecule has 0 N–H and O–H groups in total. The summed E-state index contributed by atoms with van der Waals surface area (Å²) in [5.41, 5.74) is -0.0939. The molecule has 3 unspecified atom stereocenters. The normalized spacial score (nSPS) is 28.0. The number of aryl methyl sites for hydroxylation is 1. The Hall–Kier alpha value is -1.07. The van der Waals surface area contributed by atoms with E-state index < -0.39 is 8.32 Å². The molecule has 4 nitrogen and oxygen atoms in total. The highest BCUT2D eigenvalue weighted by atomic mass is 28.4. The fraction of sp³-hybridized carbons (Fsp3) is 0.722. The van der Waals surface area contributed by atoms with Crippen molar-refractivity contribution in [3.63, 3.8) is 0 Å². The van der Waals surface area contributed by atoms with E-state index in [1.54, 1.807) is 6.26 Å². The van der Waals surface area contributed by atoms with Crippen LogP contribution in [0.15, 0.2) is 22.8 Å². The van der Waals surface area contributed by atoms with E-state index in [-0.39, 0.29) is 23.4 Å². The average Bonchev–Trinajstić information content (AvgIpc) is 3.04. The lowest BCUT2D eigenvalue weighted by Crippen LogP contribution is -2.42. The topological polar surface area (TPSA) is 48.7 Å².